The summed E-state index contributed by atoms with van der Waals surface area (Å²) >= 11 is 0. The fourth-order valence-corrected chi connectivity index (χ4v) is 2.75. The number of hydrogen-bond donors (Lipinski definition) is 1. The van der Waals surface area contributed by atoms with Crippen LogP contribution in [0.5, 0.6) is 0 Å². The van der Waals surface area contributed by atoms with Gasteiger partial charge >= 0.3 is 0 Å². The van der Waals surface area contributed by atoms with Crippen LogP contribution >= 0.6 is 0 Å². The van der Waals surface area contributed by atoms with Gasteiger partial charge in [-0.15, -0.1) is 0 Å². The summed E-state index contributed by atoms with van der Waals surface area (Å²) in [6.45, 7) is 1.81. The SMILES string of the molecule is Cc1ccc(F)cc1N=c1oc2ccccc2cc1C(=O)Nc1ccccn1. The molecule has 0 aliphatic heterocycles. The molecule has 0 atom stereocenters. The lowest BCUT2D eigenvalue weighted by Crippen LogP contribution is -2.22. The second kappa shape index (κ2) is 7.44. The van der Waals surface area contributed by atoms with E-state index in [0.717, 1.165) is 10.9 Å². The van der Waals surface area contributed by atoms with E-state index in [1.165, 1.54) is 12.1 Å². The Labute approximate surface area is 160 Å². The molecule has 28 heavy (non-hydrogen) atoms. The van der Waals surface area contributed by atoms with Gasteiger partial charge in [-0.1, -0.05) is 30.3 Å². The Morgan fingerprint density at radius 1 is 1.07 bits per heavy atom. The molecule has 0 radical (unpaired) electrons. The number of aryl methyl sites for hydroxylation is 1. The van der Waals surface area contributed by atoms with E-state index in [9.17, 15) is 9.18 Å². The molecular formula is C22H16FN3O2. The van der Waals surface area contributed by atoms with Crippen molar-refractivity contribution in [1.82, 2.24) is 4.98 Å². The minimum atomic E-state index is -0.416. The zero-order valence-electron chi connectivity index (χ0n) is 15.0. The summed E-state index contributed by atoms with van der Waals surface area (Å²) in [5.41, 5.74) is 2.06. The topological polar surface area (TPSA) is 67.5 Å². The first kappa shape index (κ1) is 17.6. The van der Waals surface area contributed by atoms with Crippen LogP contribution in [0.15, 0.2) is 82.3 Å². The van der Waals surface area contributed by atoms with Gasteiger partial charge in [0, 0.05) is 11.6 Å². The number of amides is 1. The van der Waals surface area contributed by atoms with Crippen LogP contribution in [0.25, 0.3) is 11.0 Å². The predicted molar refractivity (Wildman–Crippen MR) is 105 cm³/mol. The summed E-state index contributed by atoms with van der Waals surface area (Å²) in [6, 6.07) is 18.5. The number of para-hydroxylation sites is 1. The molecule has 4 rings (SSSR count). The molecule has 138 valence electrons. The van der Waals surface area contributed by atoms with E-state index in [0.29, 0.717) is 17.1 Å². The van der Waals surface area contributed by atoms with Crippen molar-refractivity contribution < 1.29 is 13.6 Å². The number of hydrogen-bond acceptors (Lipinski definition) is 4. The number of pyridine rings is 1. The van der Waals surface area contributed by atoms with E-state index >= 15 is 0 Å². The lowest BCUT2D eigenvalue weighted by atomic mass is 10.1. The lowest BCUT2D eigenvalue weighted by molar-refractivity contribution is 0.102. The van der Waals surface area contributed by atoms with E-state index in [1.54, 1.807) is 42.6 Å². The first-order valence-electron chi connectivity index (χ1n) is 8.66. The maximum atomic E-state index is 13.7. The zero-order chi connectivity index (χ0) is 19.5. The highest BCUT2D eigenvalue weighted by Gasteiger charge is 2.14. The third-order valence-electron chi connectivity index (χ3n) is 4.20. The van der Waals surface area contributed by atoms with Crippen LogP contribution < -0.4 is 10.9 Å². The Kier molecular flexibility index (Phi) is 4.68. The molecule has 1 amide bonds. The highest BCUT2D eigenvalue weighted by molar-refractivity contribution is 6.04. The molecule has 0 aliphatic carbocycles. The summed E-state index contributed by atoms with van der Waals surface area (Å²) in [5, 5.41) is 3.48. The van der Waals surface area contributed by atoms with Crippen molar-refractivity contribution in [2.45, 2.75) is 6.92 Å². The molecule has 6 heteroatoms. The highest BCUT2D eigenvalue weighted by atomic mass is 19.1. The van der Waals surface area contributed by atoms with Crippen LogP contribution in [-0.2, 0) is 0 Å². The number of carbonyl (C=O) groups is 1. The monoisotopic (exact) mass is 373 g/mol. The molecule has 0 fully saturated rings. The van der Waals surface area contributed by atoms with E-state index in [-0.39, 0.29) is 11.1 Å². The first-order chi connectivity index (χ1) is 13.6. The zero-order valence-corrected chi connectivity index (χ0v) is 15.0. The Morgan fingerprint density at radius 2 is 1.89 bits per heavy atom. The van der Waals surface area contributed by atoms with Crippen molar-refractivity contribution >= 4 is 28.4 Å². The number of halogens is 1. The van der Waals surface area contributed by atoms with Crippen LogP contribution in [0.3, 0.4) is 0 Å². The standard InChI is InChI=1S/C22H16FN3O2/c1-14-9-10-16(23)13-18(14)25-22-17(12-15-6-2-3-7-19(15)28-22)21(27)26-20-8-4-5-11-24-20/h2-13H,1H3,(H,24,26,27). The number of nitrogens with zero attached hydrogens (tertiary/aromatic N) is 2. The molecule has 4 aromatic rings. The lowest BCUT2D eigenvalue weighted by Gasteiger charge is -2.07. The Morgan fingerprint density at radius 3 is 2.71 bits per heavy atom. The van der Waals surface area contributed by atoms with Crippen molar-refractivity contribution in [3.8, 4) is 0 Å². The van der Waals surface area contributed by atoms with Gasteiger partial charge in [-0.05, 0) is 48.9 Å². The molecule has 5 nitrogen and oxygen atoms in total. The number of anilines is 1. The largest absolute Gasteiger partial charge is 0.438 e. The quantitative estimate of drug-likeness (QED) is 0.563. The van der Waals surface area contributed by atoms with Gasteiger partial charge in [-0.2, -0.15) is 0 Å². The van der Waals surface area contributed by atoms with Gasteiger partial charge < -0.3 is 9.73 Å². The van der Waals surface area contributed by atoms with Crippen molar-refractivity contribution in [3.05, 3.63) is 95.4 Å². The number of carbonyl (C=O) groups excluding carboxylic acids is 1. The molecule has 2 aromatic carbocycles. The third kappa shape index (κ3) is 3.66. The van der Waals surface area contributed by atoms with Gasteiger partial charge in [0.2, 0.25) is 5.55 Å². The second-order valence-corrected chi connectivity index (χ2v) is 6.21. The maximum Gasteiger partial charge on any atom is 0.262 e. The number of rotatable bonds is 3. The van der Waals surface area contributed by atoms with Crippen LogP contribution in [-0.4, -0.2) is 10.9 Å². The van der Waals surface area contributed by atoms with Gasteiger partial charge in [-0.3, -0.25) is 4.79 Å². The van der Waals surface area contributed by atoms with Crippen LogP contribution in [0.1, 0.15) is 15.9 Å². The number of aromatic nitrogens is 1. The molecule has 0 unspecified atom stereocenters. The molecule has 1 N–H and O–H groups in total. The molecule has 0 spiro atoms. The summed E-state index contributed by atoms with van der Waals surface area (Å²) in [4.78, 5) is 21.4. The molecule has 2 aromatic heterocycles. The van der Waals surface area contributed by atoms with Gasteiger partial charge in [0.05, 0.1) is 5.69 Å². The minimum Gasteiger partial charge on any atom is -0.438 e. The van der Waals surface area contributed by atoms with Crippen molar-refractivity contribution in [1.29, 1.82) is 0 Å². The number of nitrogens with one attached hydrogen (secondary N) is 1. The van der Waals surface area contributed by atoms with Crippen molar-refractivity contribution in [3.63, 3.8) is 0 Å². The predicted octanol–water partition coefficient (Wildman–Crippen LogP) is 4.76. The third-order valence-corrected chi connectivity index (χ3v) is 4.20. The molecule has 0 saturated heterocycles. The fraction of sp³-hybridized carbons (Fsp3) is 0.0455. The Balaban J connectivity index is 1.88. The fourth-order valence-electron chi connectivity index (χ4n) is 2.75. The van der Waals surface area contributed by atoms with Gasteiger partial charge in [0.15, 0.2) is 0 Å². The molecule has 0 bridgehead atoms. The van der Waals surface area contributed by atoms with Crippen molar-refractivity contribution in [2.24, 2.45) is 4.99 Å². The summed E-state index contributed by atoms with van der Waals surface area (Å²) in [7, 11) is 0. The Bertz CT molecular complexity index is 1230. The van der Waals surface area contributed by atoms with Gasteiger partial charge in [0.1, 0.15) is 22.8 Å². The maximum absolute atomic E-state index is 13.7. The van der Waals surface area contributed by atoms with E-state index in [2.05, 4.69) is 15.3 Å². The summed E-state index contributed by atoms with van der Waals surface area (Å²) in [5.74, 6) is -0.417. The van der Waals surface area contributed by atoms with Gasteiger partial charge in [0.25, 0.3) is 5.91 Å². The van der Waals surface area contributed by atoms with Crippen LogP contribution in [0.4, 0.5) is 15.9 Å². The molecule has 2 heterocycles. The van der Waals surface area contributed by atoms with Crippen LogP contribution in [0, 0.1) is 12.7 Å². The molecule has 0 aliphatic rings. The molecular weight excluding hydrogens is 357 g/mol. The van der Waals surface area contributed by atoms with E-state index in [1.807, 2.05) is 25.1 Å². The first-order valence-corrected chi connectivity index (χ1v) is 8.66. The van der Waals surface area contributed by atoms with Crippen molar-refractivity contribution in [2.75, 3.05) is 5.32 Å². The van der Waals surface area contributed by atoms with E-state index in [4.69, 9.17) is 4.42 Å². The smallest absolute Gasteiger partial charge is 0.262 e. The summed E-state index contributed by atoms with van der Waals surface area (Å²) in [6.07, 6.45) is 1.59. The van der Waals surface area contributed by atoms with E-state index < -0.39 is 11.7 Å². The average molecular weight is 373 g/mol. The number of fused-ring (bicyclic) bond motifs is 1. The van der Waals surface area contributed by atoms with Crippen LogP contribution in [0.2, 0.25) is 0 Å². The molecule has 0 saturated carbocycles. The average Bonchev–Trinajstić information content (AvgIpc) is 2.71. The second-order valence-electron chi connectivity index (χ2n) is 6.21. The van der Waals surface area contributed by atoms with Gasteiger partial charge in [-0.25, -0.2) is 14.4 Å². The number of benzene rings is 2. The highest BCUT2D eigenvalue weighted by Crippen LogP contribution is 2.20. The Hall–Kier alpha value is -3.80. The minimum absolute atomic E-state index is 0.0980. The summed E-state index contributed by atoms with van der Waals surface area (Å²) < 4.78 is 19.6. The normalized spacial score (nSPS) is 11.6.